The van der Waals surface area contributed by atoms with Gasteiger partial charge in [0.25, 0.3) is 0 Å². The van der Waals surface area contributed by atoms with Crippen LogP contribution in [0.1, 0.15) is 27.2 Å². The Morgan fingerprint density at radius 2 is 2.00 bits per heavy atom. The molecule has 3 nitrogen and oxygen atoms in total. The van der Waals surface area contributed by atoms with Crippen molar-refractivity contribution in [1.29, 1.82) is 0 Å². The van der Waals surface area contributed by atoms with Crippen LogP contribution in [0.15, 0.2) is 0 Å². The highest BCUT2D eigenvalue weighted by Crippen LogP contribution is 2.34. The number of nitrogens with one attached hydrogen (secondary N) is 1. The molecular weight excluding hydrogens is 142 g/mol. The lowest BCUT2D eigenvalue weighted by molar-refractivity contribution is -0.146. The van der Waals surface area contributed by atoms with E-state index >= 15 is 0 Å². The van der Waals surface area contributed by atoms with Crippen molar-refractivity contribution in [2.45, 2.75) is 32.7 Å². The molecule has 3 heteroatoms. The van der Waals surface area contributed by atoms with Gasteiger partial charge in [-0.25, -0.2) is 0 Å². The normalized spacial score (nSPS) is 35.5. The molecule has 11 heavy (non-hydrogen) atoms. The Morgan fingerprint density at radius 3 is 2.18 bits per heavy atom. The minimum atomic E-state index is -0.699. The number of rotatable bonds is 1. The summed E-state index contributed by atoms with van der Waals surface area (Å²) in [6.45, 7) is 6.43. The number of aliphatic carboxylic acids is 1. The Bertz CT molecular complexity index is 189. The van der Waals surface area contributed by atoms with Crippen molar-refractivity contribution in [3.8, 4) is 0 Å². The molecule has 1 rings (SSSR count). The zero-order valence-electron chi connectivity index (χ0n) is 7.27. The quantitative estimate of drug-likeness (QED) is 0.593. The Hall–Kier alpha value is -0.570. The van der Waals surface area contributed by atoms with E-state index in [9.17, 15) is 4.79 Å². The van der Waals surface area contributed by atoms with Crippen LogP contribution in [0.25, 0.3) is 0 Å². The average Bonchev–Trinajstić information content (AvgIpc) is 2.08. The maximum absolute atomic E-state index is 10.8. The molecular formula is C8H15NO2. The van der Waals surface area contributed by atoms with Crippen LogP contribution in [-0.2, 0) is 4.79 Å². The van der Waals surface area contributed by atoms with E-state index in [2.05, 4.69) is 5.32 Å². The van der Waals surface area contributed by atoms with Gasteiger partial charge in [0.2, 0.25) is 0 Å². The summed E-state index contributed by atoms with van der Waals surface area (Å²) in [6, 6.07) is 0. The van der Waals surface area contributed by atoms with E-state index in [1.807, 2.05) is 13.8 Å². The van der Waals surface area contributed by atoms with Crippen molar-refractivity contribution in [3.63, 3.8) is 0 Å². The zero-order valence-corrected chi connectivity index (χ0v) is 7.27. The lowest BCUT2D eigenvalue weighted by Crippen LogP contribution is -2.31. The molecule has 0 amide bonds. The third-order valence-electron chi connectivity index (χ3n) is 2.31. The molecule has 0 aromatic heterocycles. The summed E-state index contributed by atoms with van der Waals surface area (Å²) in [7, 11) is 0. The molecule has 0 aromatic carbocycles. The molecule has 1 saturated heterocycles. The topological polar surface area (TPSA) is 49.3 Å². The van der Waals surface area contributed by atoms with Crippen molar-refractivity contribution >= 4 is 5.97 Å². The van der Waals surface area contributed by atoms with Gasteiger partial charge in [0.1, 0.15) is 0 Å². The number of carboxylic acid groups (broad SMARTS) is 1. The molecule has 1 fully saturated rings. The van der Waals surface area contributed by atoms with E-state index < -0.39 is 11.4 Å². The van der Waals surface area contributed by atoms with Crippen LogP contribution in [0.4, 0.5) is 0 Å². The van der Waals surface area contributed by atoms with Crippen LogP contribution in [0.2, 0.25) is 0 Å². The lowest BCUT2D eigenvalue weighted by Gasteiger charge is -2.20. The van der Waals surface area contributed by atoms with Gasteiger partial charge >= 0.3 is 5.97 Å². The summed E-state index contributed by atoms with van der Waals surface area (Å²) in [5, 5.41) is 12.1. The molecule has 0 aromatic rings. The molecule has 0 saturated carbocycles. The molecule has 0 radical (unpaired) electrons. The van der Waals surface area contributed by atoms with E-state index in [1.165, 1.54) is 0 Å². The van der Waals surface area contributed by atoms with E-state index in [0.29, 0.717) is 13.0 Å². The molecule has 0 bridgehead atoms. The fourth-order valence-electron chi connectivity index (χ4n) is 1.69. The minimum absolute atomic E-state index is 0.0207. The van der Waals surface area contributed by atoms with Crippen molar-refractivity contribution in [1.82, 2.24) is 5.32 Å². The Kier molecular flexibility index (Phi) is 1.71. The molecule has 1 aliphatic rings. The molecule has 1 atom stereocenters. The van der Waals surface area contributed by atoms with Gasteiger partial charge < -0.3 is 10.4 Å². The van der Waals surface area contributed by atoms with Crippen LogP contribution in [0, 0.1) is 5.41 Å². The zero-order chi connectivity index (χ0) is 8.70. The van der Waals surface area contributed by atoms with E-state index in [1.54, 1.807) is 6.92 Å². The molecule has 0 aliphatic carbocycles. The maximum atomic E-state index is 10.8. The Balaban J connectivity index is 2.73. The largest absolute Gasteiger partial charge is 0.481 e. The first-order chi connectivity index (χ1) is 4.86. The van der Waals surface area contributed by atoms with Crippen molar-refractivity contribution in [2.75, 3.05) is 6.54 Å². The minimum Gasteiger partial charge on any atom is -0.481 e. The van der Waals surface area contributed by atoms with Gasteiger partial charge in [-0.2, -0.15) is 0 Å². The predicted molar refractivity (Wildman–Crippen MR) is 42.4 cm³/mol. The Morgan fingerprint density at radius 1 is 1.45 bits per heavy atom. The first-order valence-electron chi connectivity index (χ1n) is 3.84. The SMILES string of the molecule is CC1(C)CC(C)(C(=O)O)CN1. The third kappa shape index (κ3) is 1.53. The van der Waals surface area contributed by atoms with Gasteiger partial charge in [-0.3, -0.25) is 4.79 Å². The highest BCUT2D eigenvalue weighted by Gasteiger charge is 2.44. The van der Waals surface area contributed by atoms with Crippen LogP contribution in [-0.4, -0.2) is 23.2 Å². The fraction of sp³-hybridized carbons (Fsp3) is 0.875. The van der Waals surface area contributed by atoms with Gasteiger partial charge in [0.05, 0.1) is 5.41 Å². The summed E-state index contributed by atoms with van der Waals surface area (Å²) < 4.78 is 0. The monoisotopic (exact) mass is 157 g/mol. The van der Waals surface area contributed by atoms with Crippen molar-refractivity contribution in [2.24, 2.45) is 5.41 Å². The molecule has 1 heterocycles. The summed E-state index contributed by atoms with van der Waals surface area (Å²) >= 11 is 0. The highest BCUT2D eigenvalue weighted by molar-refractivity contribution is 5.75. The van der Waals surface area contributed by atoms with E-state index in [0.717, 1.165) is 0 Å². The second-order valence-corrected chi connectivity index (χ2v) is 4.28. The first-order valence-corrected chi connectivity index (χ1v) is 3.84. The first kappa shape index (κ1) is 8.53. The van der Waals surface area contributed by atoms with E-state index in [-0.39, 0.29) is 5.54 Å². The van der Waals surface area contributed by atoms with Crippen LogP contribution in [0.5, 0.6) is 0 Å². The summed E-state index contributed by atoms with van der Waals surface area (Å²) in [5.41, 5.74) is -0.587. The van der Waals surface area contributed by atoms with Gasteiger partial charge in [-0.1, -0.05) is 0 Å². The number of hydrogen-bond donors (Lipinski definition) is 2. The summed E-state index contributed by atoms with van der Waals surface area (Å²) in [4.78, 5) is 10.8. The van der Waals surface area contributed by atoms with Crippen LogP contribution in [0.3, 0.4) is 0 Å². The average molecular weight is 157 g/mol. The molecule has 2 N–H and O–H groups in total. The standard InChI is InChI=1S/C8H15NO2/c1-7(2)4-8(3,5-9-7)6(10)11/h9H,4-5H2,1-3H3,(H,10,11). The van der Waals surface area contributed by atoms with Crippen molar-refractivity contribution < 1.29 is 9.90 Å². The van der Waals surface area contributed by atoms with Crippen LogP contribution < -0.4 is 5.32 Å². The number of hydrogen-bond acceptors (Lipinski definition) is 2. The van der Waals surface area contributed by atoms with Crippen molar-refractivity contribution in [3.05, 3.63) is 0 Å². The number of carboxylic acids is 1. The Labute approximate surface area is 66.8 Å². The fourth-order valence-corrected chi connectivity index (χ4v) is 1.69. The molecule has 1 unspecified atom stereocenters. The second-order valence-electron chi connectivity index (χ2n) is 4.28. The lowest BCUT2D eigenvalue weighted by atomic mass is 9.84. The highest BCUT2D eigenvalue weighted by atomic mass is 16.4. The maximum Gasteiger partial charge on any atom is 0.310 e. The van der Waals surface area contributed by atoms with Crippen LogP contribution >= 0.6 is 0 Å². The predicted octanol–water partition coefficient (Wildman–Crippen LogP) is 0.849. The summed E-state index contributed by atoms with van der Waals surface area (Å²) in [5.74, 6) is -0.699. The van der Waals surface area contributed by atoms with Gasteiger partial charge in [-0.15, -0.1) is 0 Å². The molecule has 0 spiro atoms. The molecule has 64 valence electrons. The van der Waals surface area contributed by atoms with Gasteiger partial charge in [-0.05, 0) is 27.2 Å². The number of carbonyl (C=O) groups is 1. The van der Waals surface area contributed by atoms with E-state index in [4.69, 9.17) is 5.11 Å². The summed E-state index contributed by atoms with van der Waals surface area (Å²) in [6.07, 6.45) is 0.704. The molecule has 1 aliphatic heterocycles. The van der Waals surface area contributed by atoms with Gasteiger partial charge in [0, 0.05) is 12.1 Å². The van der Waals surface area contributed by atoms with Gasteiger partial charge in [0.15, 0.2) is 0 Å². The third-order valence-corrected chi connectivity index (χ3v) is 2.31. The smallest absolute Gasteiger partial charge is 0.310 e. The second kappa shape index (κ2) is 2.21.